The summed E-state index contributed by atoms with van der Waals surface area (Å²) in [5.74, 6) is 2.72. The Morgan fingerprint density at radius 2 is 1.47 bits per heavy atom. The molecule has 0 aromatic heterocycles. The number of hydrogen-bond acceptors (Lipinski definition) is 3. The van der Waals surface area contributed by atoms with E-state index in [0.717, 1.165) is 5.56 Å². The van der Waals surface area contributed by atoms with Gasteiger partial charge in [-0.15, -0.1) is 0 Å². The largest absolute Gasteiger partial charge is 0.450 e. The van der Waals surface area contributed by atoms with E-state index in [4.69, 9.17) is 9.47 Å². The minimum absolute atomic E-state index is 0.513. The van der Waals surface area contributed by atoms with Crippen molar-refractivity contribution in [1.29, 1.82) is 0 Å². The van der Waals surface area contributed by atoms with E-state index >= 15 is 0 Å². The van der Waals surface area contributed by atoms with Crippen molar-refractivity contribution in [3.05, 3.63) is 48.0 Å². The Balaban J connectivity index is 2.03. The molecule has 0 amide bonds. The monoisotopic (exact) mass is 228 g/mol. The van der Waals surface area contributed by atoms with Gasteiger partial charge in [-0.1, -0.05) is 18.2 Å². The summed E-state index contributed by atoms with van der Waals surface area (Å²) in [7, 11) is 0. The van der Waals surface area contributed by atoms with E-state index in [9.17, 15) is 5.11 Å². The van der Waals surface area contributed by atoms with Crippen LogP contribution in [-0.4, -0.2) is 5.11 Å². The molecule has 0 spiro atoms. The second-order valence-electron chi connectivity index (χ2n) is 4.03. The molecule has 0 fully saturated rings. The summed E-state index contributed by atoms with van der Waals surface area (Å²) in [6, 6.07) is 13.0. The number of ether oxygens (including phenoxy) is 2. The van der Waals surface area contributed by atoms with Crippen molar-refractivity contribution < 1.29 is 14.6 Å². The van der Waals surface area contributed by atoms with Crippen LogP contribution in [0.25, 0.3) is 0 Å². The van der Waals surface area contributed by atoms with Gasteiger partial charge in [0, 0.05) is 0 Å². The van der Waals surface area contributed by atoms with Crippen LogP contribution in [0.2, 0.25) is 0 Å². The van der Waals surface area contributed by atoms with Gasteiger partial charge in [-0.25, -0.2) is 0 Å². The highest BCUT2D eigenvalue weighted by atomic mass is 16.6. The third kappa shape index (κ3) is 1.74. The zero-order valence-corrected chi connectivity index (χ0v) is 9.38. The Morgan fingerprint density at radius 1 is 0.882 bits per heavy atom. The molecule has 0 radical (unpaired) electrons. The minimum atomic E-state index is -0.513. The van der Waals surface area contributed by atoms with Crippen molar-refractivity contribution in [2.45, 2.75) is 13.0 Å². The van der Waals surface area contributed by atoms with Gasteiger partial charge in [0.05, 0.1) is 6.10 Å². The molecule has 1 aliphatic rings. The lowest BCUT2D eigenvalue weighted by Crippen LogP contribution is -2.00. The number of aliphatic hydroxyl groups excluding tert-OH is 1. The van der Waals surface area contributed by atoms with Crippen LogP contribution in [-0.2, 0) is 0 Å². The molecule has 1 N–H and O–H groups in total. The second-order valence-corrected chi connectivity index (χ2v) is 4.03. The van der Waals surface area contributed by atoms with Gasteiger partial charge in [0.25, 0.3) is 0 Å². The molecule has 2 aromatic carbocycles. The lowest BCUT2D eigenvalue weighted by atomic mass is 10.1. The lowest BCUT2D eigenvalue weighted by Gasteiger charge is -2.21. The molecule has 0 saturated heterocycles. The summed E-state index contributed by atoms with van der Waals surface area (Å²) in [5, 5.41) is 9.52. The molecular weight excluding hydrogens is 216 g/mol. The van der Waals surface area contributed by atoms with Crippen molar-refractivity contribution in [2.75, 3.05) is 0 Å². The highest BCUT2D eigenvalue weighted by molar-refractivity contribution is 5.55. The topological polar surface area (TPSA) is 38.7 Å². The molecule has 86 valence electrons. The van der Waals surface area contributed by atoms with Crippen LogP contribution in [0.5, 0.6) is 23.0 Å². The third-order valence-corrected chi connectivity index (χ3v) is 2.74. The second kappa shape index (κ2) is 3.79. The van der Waals surface area contributed by atoms with Gasteiger partial charge in [0.15, 0.2) is 23.0 Å². The number of para-hydroxylation sites is 2. The standard InChI is InChI=1S/C14H12O3/c1-9(15)10-6-7-13-14(8-10)17-12-5-3-2-4-11(12)16-13/h2-9,15H,1H3. The van der Waals surface area contributed by atoms with Crippen molar-refractivity contribution in [1.82, 2.24) is 0 Å². The van der Waals surface area contributed by atoms with Gasteiger partial charge in [-0.2, -0.15) is 0 Å². The summed E-state index contributed by atoms with van der Waals surface area (Å²) >= 11 is 0. The molecule has 1 atom stereocenters. The van der Waals surface area contributed by atoms with E-state index in [1.165, 1.54) is 0 Å². The summed E-state index contributed by atoms with van der Waals surface area (Å²) in [6.45, 7) is 1.72. The first-order chi connectivity index (χ1) is 8.24. The minimum Gasteiger partial charge on any atom is -0.450 e. The zero-order valence-electron chi connectivity index (χ0n) is 9.38. The van der Waals surface area contributed by atoms with Crippen LogP contribution in [0.15, 0.2) is 42.5 Å². The molecule has 3 nitrogen and oxygen atoms in total. The van der Waals surface area contributed by atoms with Crippen molar-refractivity contribution in [3.63, 3.8) is 0 Å². The van der Waals surface area contributed by atoms with Gasteiger partial charge < -0.3 is 14.6 Å². The van der Waals surface area contributed by atoms with E-state index in [-0.39, 0.29) is 0 Å². The third-order valence-electron chi connectivity index (χ3n) is 2.74. The van der Waals surface area contributed by atoms with Gasteiger partial charge in [0.1, 0.15) is 0 Å². The molecule has 0 bridgehead atoms. The van der Waals surface area contributed by atoms with Gasteiger partial charge >= 0.3 is 0 Å². The fourth-order valence-electron chi connectivity index (χ4n) is 1.80. The van der Waals surface area contributed by atoms with Crippen molar-refractivity contribution in [3.8, 4) is 23.0 Å². The molecular formula is C14H12O3. The van der Waals surface area contributed by atoms with E-state index in [1.54, 1.807) is 13.0 Å². The fourth-order valence-corrected chi connectivity index (χ4v) is 1.80. The molecule has 0 saturated carbocycles. The summed E-state index contributed by atoms with van der Waals surface area (Å²) in [6.07, 6.45) is -0.513. The first-order valence-electron chi connectivity index (χ1n) is 5.51. The number of aliphatic hydroxyl groups is 1. The maximum atomic E-state index is 9.52. The molecule has 1 unspecified atom stereocenters. The molecule has 2 aromatic rings. The summed E-state index contributed by atoms with van der Waals surface area (Å²) < 4.78 is 11.4. The first-order valence-corrected chi connectivity index (χ1v) is 5.51. The van der Waals surface area contributed by atoms with Gasteiger partial charge in [-0.05, 0) is 36.8 Å². The van der Waals surface area contributed by atoms with Crippen LogP contribution in [0.4, 0.5) is 0 Å². The van der Waals surface area contributed by atoms with Crippen molar-refractivity contribution >= 4 is 0 Å². The van der Waals surface area contributed by atoms with Crippen molar-refractivity contribution in [2.24, 2.45) is 0 Å². The Kier molecular flexibility index (Phi) is 2.27. The Labute approximate surface area is 99.2 Å². The molecule has 17 heavy (non-hydrogen) atoms. The van der Waals surface area contributed by atoms with Crippen LogP contribution < -0.4 is 9.47 Å². The average Bonchev–Trinajstić information content (AvgIpc) is 2.35. The van der Waals surface area contributed by atoms with Gasteiger partial charge in [0.2, 0.25) is 0 Å². The van der Waals surface area contributed by atoms with Crippen LogP contribution in [0.1, 0.15) is 18.6 Å². The lowest BCUT2D eigenvalue weighted by molar-refractivity contribution is 0.198. The Morgan fingerprint density at radius 3 is 2.12 bits per heavy atom. The van der Waals surface area contributed by atoms with Crippen LogP contribution in [0, 0.1) is 0 Å². The SMILES string of the molecule is CC(O)c1ccc2c(c1)Oc1ccccc1O2. The van der Waals surface area contributed by atoms with E-state index in [2.05, 4.69) is 0 Å². The first kappa shape index (κ1) is 10.2. The normalized spacial score (nSPS) is 14.0. The quantitative estimate of drug-likeness (QED) is 0.691. The number of benzene rings is 2. The molecule has 3 heteroatoms. The smallest absolute Gasteiger partial charge is 0.170 e. The highest BCUT2D eigenvalue weighted by Gasteiger charge is 2.18. The highest BCUT2D eigenvalue weighted by Crippen LogP contribution is 2.45. The predicted molar refractivity (Wildman–Crippen MR) is 63.7 cm³/mol. The fraction of sp³-hybridized carbons (Fsp3) is 0.143. The van der Waals surface area contributed by atoms with Gasteiger partial charge in [-0.3, -0.25) is 0 Å². The van der Waals surface area contributed by atoms with Crippen LogP contribution in [0.3, 0.4) is 0 Å². The summed E-state index contributed by atoms with van der Waals surface area (Å²) in [5.41, 5.74) is 0.812. The van der Waals surface area contributed by atoms with E-state index < -0.39 is 6.10 Å². The average molecular weight is 228 g/mol. The van der Waals surface area contributed by atoms with E-state index in [1.807, 2.05) is 36.4 Å². The predicted octanol–water partition coefficient (Wildman–Crippen LogP) is 3.64. The maximum Gasteiger partial charge on any atom is 0.170 e. The van der Waals surface area contributed by atoms with Crippen LogP contribution >= 0.6 is 0 Å². The van der Waals surface area contributed by atoms with E-state index in [0.29, 0.717) is 23.0 Å². The molecule has 0 aliphatic carbocycles. The molecule has 1 heterocycles. The maximum absolute atomic E-state index is 9.52. The Hall–Kier alpha value is -2.00. The molecule has 1 aliphatic heterocycles. The number of fused-ring (bicyclic) bond motifs is 2. The zero-order chi connectivity index (χ0) is 11.8. The number of rotatable bonds is 1. The summed E-state index contributed by atoms with van der Waals surface area (Å²) in [4.78, 5) is 0. The molecule has 3 rings (SSSR count). The Bertz CT molecular complexity index is 561. The number of hydrogen-bond donors (Lipinski definition) is 1.